The Bertz CT molecular complexity index is 399. The second kappa shape index (κ2) is 4.18. The number of nitrogens with one attached hydrogen (secondary N) is 1. The molecule has 1 rings (SSSR count). The van der Waals surface area contributed by atoms with E-state index < -0.39 is 15.2 Å². The molecule has 7 heteroatoms. The van der Waals surface area contributed by atoms with Crippen molar-refractivity contribution in [2.45, 2.75) is 19.9 Å². The van der Waals surface area contributed by atoms with Gasteiger partial charge < -0.3 is 0 Å². The Morgan fingerprint density at radius 3 is 2.71 bits per heavy atom. The summed E-state index contributed by atoms with van der Waals surface area (Å²) in [6, 6.07) is 0.198. The molecule has 14 heavy (non-hydrogen) atoms. The van der Waals surface area contributed by atoms with Crippen molar-refractivity contribution in [1.82, 2.24) is 9.78 Å². The van der Waals surface area contributed by atoms with Crippen LogP contribution in [0.3, 0.4) is 0 Å². The monoisotopic (exact) mass is 237 g/mol. The van der Waals surface area contributed by atoms with Crippen LogP contribution < -0.4 is 4.72 Å². The van der Waals surface area contributed by atoms with Crippen molar-refractivity contribution in [1.29, 1.82) is 0 Å². The van der Waals surface area contributed by atoms with Gasteiger partial charge in [-0.15, -0.1) is 11.6 Å². The Morgan fingerprint density at radius 1 is 1.64 bits per heavy atom. The zero-order valence-electron chi connectivity index (χ0n) is 7.94. The van der Waals surface area contributed by atoms with Gasteiger partial charge in [0.25, 0.3) is 0 Å². The van der Waals surface area contributed by atoms with Crippen molar-refractivity contribution >= 4 is 27.3 Å². The van der Waals surface area contributed by atoms with E-state index >= 15 is 0 Å². The van der Waals surface area contributed by atoms with Crippen LogP contribution in [0, 0.1) is 0 Å². The minimum absolute atomic E-state index is 0.198. The highest BCUT2D eigenvalue weighted by Crippen LogP contribution is 2.11. The molecule has 5 nitrogen and oxygen atoms in total. The van der Waals surface area contributed by atoms with Crippen LogP contribution in [0.25, 0.3) is 0 Å². The molecule has 1 aromatic rings. The Hall–Kier alpha value is -0.750. The minimum Gasteiger partial charge on any atom is -0.279 e. The molecule has 0 aliphatic heterocycles. The van der Waals surface area contributed by atoms with Crippen LogP contribution in [0.4, 0.5) is 5.69 Å². The Kier molecular flexibility index (Phi) is 3.38. The van der Waals surface area contributed by atoms with Gasteiger partial charge in [0.15, 0.2) is 0 Å². The summed E-state index contributed by atoms with van der Waals surface area (Å²) >= 11 is 5.23. The van der Waals surface area contributed by atoms with Gasteiger partial charge >= 0.3 is 0 Å². The number of nitrogens with zero attached hydrogens (tertiary/aromatic N) is 2. The van der Waals surface area contributed by atoms with E-state index in [1.165, 1.54) is 6.20 Å². The number of rotatable bonds is 4. The standard InChI is InChI=1S/C7H12ClN3O2S/c1-6(2)11-4-7(3-9-11)10-14(12,13)5-8/h3-4,6,10H,5H2,1-2H3. The molecular weight excluding hydrogens is 226 g/mol. The van der Waals surface area contributed by atoms with E-state index in [2.05, 4.69) is 9.82 Å². The van der Waals surface area contributed by atoms with Crippen LogP contribution in [0.5, 0.6) is 0 Å². The van der Waals surface area contributed by atoms with Crippen molar-refractivity contribution in [3.8, 4) is 0 Å². The first kappa shape index (κ1) is 11.3. The maximum atomic E-state index is 11.1. The first-order valence-electron chi connectivity index (χ1n) is 4.05. The summed E-state index contributed by atoms with van der Waals surface area (Å²) in [5, 5.41) is 3.52. The zero-order valence-corrected chi connectivity index (χ0v) is 9.51. The molecular formula is C7H12ClN3O2S. The predicted molar refractivity (Wildman–Crippen MR) is 55.9 cm³/mol. The van der Waals surface area contributed by atoms with E-state index in [4.69, 9.17) is 11.6 Å². The van der Waals surface area contributed by atoms with Gasteiger partial charge in [-0.2, -0.15) is 5.10 Å². The summed E-state index contributed by atoms with van der Waals surface area (Å²) in [5.41, 5.74) is 0.430. The molecule has 0 saturated carbocycles. The summed E-state index contributed by atoms with van der Waals surface area (Å²) in [5.74, 6) is 0. The van der Waals surface area contributed by atoms with E-state index in [-0.39, 0.29) is 6.04 Å². The van der Waals surface area contributed by atoms with Gasteiger partial charge in [-0.1, -0.05) is 0 Å². The maximum Gasteiger partial charge on any atom is 0.246 e. The highest BCUT2D eigenvalue weighted by atomic mass is 35.5. The second-order valence-corrected chi connectivity index (χ2v) is 5.44. The van der Waals surface area contributed by atoms with Gasteiger partial charge in [-0.05, 0) is 13.8 Å². The first-order chi connectivity index (χ1) is 6.44. The fourth-order valence-electron chi connectivity index (χ4n) is 0.880. The van der Waals surface area contributed by atoms with Gasteiger partial charge in [0, 0.05) is 12.2 Å². The first-order valence-corrected chi connectivity index (χ1v) is 6.24. The number of alkyl halides is 1. The summed E-state index contributed by atoms with van der Waals surface area (Å²) in [7, 11) is -3.42. The molecule has 0 aliphatic carbocycles. The molecule has 0 aliphatic rings. The Balaban J connectivity index is 2.79. The SMILES string of the molecule is CC(C)n1cc(NS(=O)(=O)CCl)cn1. The molecule has 0 aromatic carbocycles. The fourth-order valence-corrected chi connectivity index (χ4v) is 1.56. The number of hydrogen-bond donors (Lipinski definition) is 1. The topological polar surface area (TPSA) is 64.0 Å². The summed E-state index contributed by atoms with van der Waals surface area (Å²) in [4.78, 5) is 0. The summed E-state index contributed by atoms with van der Waals surface area (Å²) in [6.07, 6.45) is 3.07. The van der Waals surface area contributed by atoms with Crippen LogP contribution in [-0.4, -0.2) is 23.4 Å². The normalized spacial score (nSPS) is 12.0. The van der Waals surface area contributed by atoms with Crippen LogP contribution in [-0.2, 0) is 10.0 Å². The van der Waals surface area contributed by atoms with Gasteiger partial charge in [0.1, 0.15) is 5.21 Å². The predicted octanol–water partition coefficient (Wildman–Crippen LogP) is 1.40. The third-order valence-corrected chi connectivity index (χ3v) is 3.24. The molecule has 1 N–H and O–H groups in total. The number of anilines is 1. The average molecular weight is 238 g/mol. The average Bonchev–Trinajstić information content (AvgIpc) is 2.52. The van der Waals surface area contributed by atoms with E-state index in [1.54, 1.807) is 10.9 Å². The molecule has 0 amide bonds. The Morgan fingerprint density at radius 2 is 2.29 bits per heavy atom. The van der Waals surface area contributed by atoms with Gasteiger partial charge in [0.2, 0.25) is 10.0 Å². The number of sulfonamides is 1. The van der Waals surface area contributed by atoms with Gasteiger partial charge in [0.05, 0.1) is 11.9 Å². The molecule has 0 bridgehead atoms. The molecule has 0 spiro atoms. The lowest BCUT2D eigenvalue weighted by Gasteiger charge is -2.03. The summed E-state index contributed by atoms with van der Waals surface area (Å²) < 4.78 is 26.1. The molecule has 0 saturated heterocycles. The molecule has 1 heterocycles. The molecule has 1 aromatic heterocycles. The van der Waals surface area contributed by atoms with Gasteiger partial charge in [-0.3, -0.25) is 9.40 Å². The molecule has 0 atom stereocenters. The lowest BCUT2D eigenvalue weighted by atomic mass is 10.4. The number of aromatic nitrogens is 2. The lowest BCUT2D eigenvalue weighted by molar-refractivity contribution is 0.532. The van der Waals surface area contributed by atoms with Crippen LogP contribution in [0.15, 0.2) is 12.4 Å². The van der Waals surface area contributed by atoms with Crippen LogP contribution >= 0.6 is 11.6 Å². The number of halogens is 1. The fraction of sp³-hybridized carbons (Fsp3) is 0.571. The minimum atomic E-state index is -3.42. The zero-order chi connectivity index (χ0) is 10.8. The second-order valence-electron chi connectivity index (χ2n) is 3.13. The summed E-state index contributed by atoms with van der Waals surface area (Å²) in [6.45, 7) is 3.90. The number of hydrogen-bond acceptors (Lipinski definition) is 3. The Labute approximate surface area is 88.1 Å². The third-order valence-electron chi connectivity index (χ3n) is 1.55. The van der Waals surface area contributed by atoms with Crippen LogP contribution in [0.1, 0.15) is 19.9 Å². The van der Waals surface area contributed by atoms with E-state index in [0.29, 0.717) is 5.69 Å². The third kappa shape index (κ3) is 2.88. The van der Waals surface area contributed by atoms with Crippen molar-refractivity contribution in [3.05, 3.63) is 12.4 Å². The molecule has 80 valence electrons. The van der Waals surface area contributed by atoms with E-state index in [0.717, 1.165) is 0 Å². The highest BCUT2D eigenvalue weighted by Gasteiger charge is 2.09. The highest BCUT2D eigenvalue weighted by molar-refractivity contribution is 7.93. The molecule has 0 fully saturated rings. The van der Waals surface area contributed by atoms with E-state index in [9.17, 15) is 8.42 Å². The van der Waals surface area contributed by atoms with Crippen molar-refractivity contribution < 1.29 is 8.42 Å². The van der Waals surface area contributed by atoms with E-state index in [1.807, 2.05) is 13.8 Å². The maximum absolute atomic E-state index is 11.1. The smallest absolute Gasteiger partial charge is 0.246 e. The van der Waals surface area contributed by atoms with Gasteiger partial charge in [-0.25, -0.2) is 8.42 Å². The van der Waals surface area contributed by atoms with Crippen molar-refractivity contribution in [3.63, 3.8) is 0 Å². The lowest BCUT2D eigenvalue weighted by Crippen LogP contribution is -2.12. The van der Waals surface area contributed by atoms with Crippen molar-refractivity contribution in [2.24, 2.45) is 0 Å². The molecule has 0 unspecified atom stereocenters. The largest absolute Gasteiger partial charge is 0.279 e. The quantitative estimate of drug-likeness (QED) is 0.806. The molecule has 0 radical (unpaired) electrons. The van der Waals surface area contributed by atoms with Crippen LogP contribution in [0.2, 0.25) is 0 Å². The van der Waals surface area contributed by atoms with Crippen molar-refractivity contribution in [2.75, 3.05) is 9.93 Å².